The quantitative estimate of drug-likeness (QED) is 0.910. The molecule has 1 N–H and O–H groups in total. The first-order chi connectivity index (χ1) is 12.2. The number of nitrogens with one attached hydrogen (secondary N) is 1. The topological polar surface area (TPSA) is 41.6 Å². The molecule has 25 heavy (non-hydrogen) atoms. The fourth-order valence-electron chi connectivity index (χ4n) is 3.66. The maximum absolute atomic E-state index is 12.7. The lowest BCUT2D eigenvalue weighted by molar-refractivity contribution is 0.0365. The first kappa shape index (κ1) is 17.5. The van der Waals surface area contributed by atoms with Crippen LogP contribution in [-0.4, -0.2) is 42.8 Å². The van der Waals surface area contributed by atoms with E-state index < -0.39 is 0 Å². The molecule has 1 amide bonds. The van der Waals surface area contributed by atoms with Gasteiger partial charge in [0.1, 0.15) is 0 Å². The number of rotatable bonds is 5. The van der Waals surface area contributed by atoms with Gasteiger partial charge < -0.3 is 10.1 Å². The predicted molar refractivity (Wildman–Crippen MR) is 99.6 cm³/mol. The molecule has 2 aromatic rings. The summed E-state index contributed by atoms with van der Waals surface area (Å²) in [5, 5.41) is 3.49. The van der Waals surface area contributed by atoms with Crippen molar-refractivity contribution in [3.05, 3.63) is 71.8 Å². The van der Waals surface area contributed by atoms with Crippen LogP contribution in [0.3, 0.4) is 0 Å². The highest BCUT2D eigenvalue weighted by atomic mass is 16.6. The highest BCUT2D eigenvalue weighted by Crippen LogP contribution is 2.28. The Morgan fingerprint density at radius 1 is 1.04 bits per heavy atom. The number of hydrogen-bond donors (Lipinski definition) is 1. The molecule has 2 aromatic carbocycles. The fourth-order valence-corrected chi connectivity index (χ4v) is 3.66. The van der Waals surface area contributed by atoms with Crippen LogP contribution in [0.25, 0.3) is 0 Å². The van der Waals surface area contributed by atoms with Gasteiger partial charge in [-0.1, -0.05) is 60.7 Å². The third kappa shape index (κ3) is 4.20. The van der Waals surface area contributed by atoms with Gasteiger partial charge in [-0.15, -0.1) is 0 Å². The van der Waals surface area contributed by atoms with Crippen LogP contribution in [0.1, 0.15) is 18.1 Å². The molecular formula is C21H26N2O2. The summed E-state index contributed by atoms with van der Waals surface area (Å²) in [6.07, 6.45) is 1.39. The third-order valence-corrected chi connectivity index (χ3v) is 4.78. The first-order valence-electron chi connectivity index (χ1n) is 8.96. The van der Waals surface area contributed by atoms with E-state index in [1.807, 2.05) is 24.0 Å². The second-order valence-corrected chi connectivity index (χ2v) is 6.58. The van der Waals surface area contributed by atoms with Crippen LogP contribution in [0.15, 0.2) is 60.7 Å². The van der Waals surface area contributed by atoms with Gasteiger partial charge in [0.05, 0.1) is 12.1 Å². The minimum atomic E-state index is -0.326. The number of carbonyl (C=O) groups is 1. The minimum Gasteiger partial charge on any atom is -0.450 e. The van der Waals surface area contributed by atoms with Crippen molar-refractivity contribution in [2.24, 2.45) is 0 Å². The number of benzene rings is 2. The summed E-state index contributed by atoms with van der Waals surface area (Å²) in [4.78, 5) is 14.6. The standard InChI is InChI=1S/C21H26N2O2/c1-2-25-20(24)23-14-13-22-17-21(23,15-18-9-5-3-6-10-18)16-19-11-7-4-8-12-19/h3-12,22H,2,13-17H2,1H3. The predicted octanol–water partition coefficient (Wildman–Crippen LogP) is 3.27. The monoisotopic (exact) mass is 338 g/mol. The average molecular weight is 338 g/mol. The smallest absolute Gasteiger partial charge is 0.410 e. The molecule has 1 aliphatic rings. The zero-order chi connectivity index (χ0) is 17.5. The van der Waals surface area contributed by atoms with Gasteiger partial charge in [-0.25, -0.2) is 4.79 Å². The fraction of sp³-hybridized carbons (Fsp3) is 0.381. The van der Waals surface area contributed by atoms with E-state index in [2.05, 4.69) is 53.8 Å². The molecule has 4 nitrogen and oxygen atoms in total. The SMILES string of the molecule is CCOC(=O)N1CCNCC1(Cc1ccccc1)Cc1ccccc1. The van der Waals surface area contributed by atoms with Crippen molar-refractivity contribution in [1.82, 2.24) is 10.2 Å². The molecule has 0 radical (unpaired) electrons. The van der Waals surface area contributed by atoms with Gasteiger partial charge in [-0.2, -0.15) is 0 Å². The molecule has 1 aliphatic heterocycles. The molecule has 3 rings (SSSR count). The maximum atomic E-state index is 12.7. The molecule has 0 bridgehead atoms. The summed E-state index contributed by atoms with van der Waals surface area (Å²) in [5.74, 6) is 0. The molecule has 0 aliphatic carbocycles. The van der Waals surface area contributed by atoms with E-state index in [0.29, 0.717) is 13.2 Å². The van der Waals surface area contributed by atoms with Crippen molar-refractivity contribution < 1.29 is 9.53 Å². The van der Waals surface area contributed by atoms with Crippen molar-refractivity contribution in [2.45, 2.75) is 25.3 Å². The summed E-state index contributed by atoms with van der Waals surface area (Å²) in [6, 6.07) is 20.8. The van der Waals surface area contributed by atoms with Crippen LogP contribution in [0.2, 0.25) is 0 Å². The number of carbonyl (C=O) groups excluding carboxylic acids is 1. The molecule has 4 heteroatoms. The molecule has 0 spiro atoms. The molecular weight excluding hydrogens is 312 g/mol. The van der Waals surface area contributed by atoms with E-state index >= 15 is 0 Å². The summed E-state index contributed by atoms with van der Waals surface area (Å²) in [6.45, 7) is 4.48. The molecule has 0 unspecified atom stereocenters. The third-order valence-electron chi connectivity index (χ3n) is 4.78. The van der Waals surface area contributed by atoms with Gasteiger partial charge in [-0.3, -0.25) is 4.90 Å². The summed E-state index contributed by atoms with van der Waals surface area (Å²) in [7, 11) is 0. The summed E-state index contributed by atoms with van der Waals surface area (Å²) < 4.78 is 5.37. The molecule has 0 saturated carbocycles. The van der Waals surface area contributed by atoms with Crippen molar-refractivity contribution in [2.75, 3.05) is 26.2 Å². The minimum absolute atomic E-state index is 0.212. The van der Waals surface area contributed by atoms with E-state index in [-0.39, 0.29) is 11.6 Å². The van der Waals surface area contributed by atoms with Crippen LogP contribution >= 0.6 is 0 Å². The highest BCUT2D eigenvalue weighted by Gasteiger charge is 2.42. The van der Waals surface area contributed by atoms with Crippen molar-refractivity contribution in [3.8, 4) is 0 Å². The van der Waals surface area contributed by atoms with E-state index in [1.54, 1.807) is 0 Å². The van der Waals surface area contributed by atoms with E-state index in [0.717, 1.165) is 25.9 Å². The normalized spacial score (nSPS) is 16.4. The highest BCUT2D eigenvalue weighted by molar-refractivity contribution is 5.69. The summed E-state index contributed by atoms with van der Waals surface area (Å²) >= 11 is 0. The van der Waals surface area contributed by atoms with Gasteiger partial charge in [0.2, 0.25) is 0 Å². The van der Waals surface area contributed by atoms with Crippen molar-refractivity contribution >= 4 is 6.09 Å². The Balaban J connectivity index is 1.95. The Morgan fingerprint density at radius 3 is 2.12 bits per heavy atom. The van der Waals surface area contributed by atoms with Crippen LogP contribution < -0.4 is 5.32 Å². The maximum Gasteiger partial charge on any atom is 0.410 e. The lowest BCUT2D eigenvalue weighted by atomic mass is 9.82. The number of hydrogen-bond acceptors (Lipinski definition) is 3. The number of amides is 1. The van der Waals surface area contributed by atoms with E-state index in [9.17, 15) is 4.79 Å². The number of piperazine rings is 1. The first-order valence-corrected chi connectivity index (χ1v) is 8.96. The zero-order valence-corrected chi connectivity index (χ0v) is 14.8. The van der Waals surface area contributed by atoms with Crippen LogP contribution in [0, 0.1) is 0 Å². The Bertz CT molecular complexity index is 631. The van der Waals surface area contributed by atoms with Crippen molar-refractivity contribution in [3.63, 3.8) is 0 Å². The Hall–Kier alpha value is -2.33. The molecule has 1 saturated heterocycles. The Labute approximate surface area is 149 Å². The Morgan fingerprint density at radius 2 is 1.60 bits per heavy atom. The number of ether oxygens (including phenoxy) is 1. The molecule has 0 aromatic heterocycles. The van der Waals surface area contributed by atoms with E-state index in [1.165, 1.54) is 11.1 Å². The van der Waals surface area contributed by atoms with Crippen LogP contribution in [-0.2, 0) is 17.6 Å². The van der Waals surface area contributed by atoms with Crippen LogP contribution in [0.5, 0.6) is 0 Å². The second-order valence-electron chi connectivity index (χ2n) is 6.58. The Kier molecular flexibility index (Phi) is 5.71. The number of nitrogens with zero attached hydrogens (tertiary/aromatic N) is 1. The van der Waals surface area contributed by atoms with Gasteiger partial charge in [0.15, 0.2) is 0 Å². The van der Waals surface area contributed by atoms with Gasteiger partial charge in [0, 0.05) is 19.6 Å². The van der Waals surface area contributed by atoms with Crippen molar-refractivity contribution in [1.29, 1.82) is 0 Å². The average Bonchev–Trinajstić information content (AvgIpc) is 2.64. The molecule has 132 valence electrons. The summed E-state index contributed by atoms with van der Waals surface area (Å²) in [5.41, 5.74) is 2.14. The van der Waals surface area contributed by atoms with E-state index in [4.69, 9.17) is 4.74 Å². The lowest BCUT2D eigenvalue weighted by Gasteiger charge is -2.47. The van der Waals surface area contributed by atoms with Gasteiger partial charge in [0.25, 0.3) is 0 Å². The lowest BCUT2D eigenvalue weighted by Crippen LogP contribution is -2.65. The molecule has 1 heterocycles. The van der Waals surface area contributed by atoms with Crippen LogP contribution in [0.4, 0.5) is 4.79 Å². The van der Waals surface area contributed by atoms with Gasteiger partial charge in [-0.05, 0) is 30.9 Å². The molecule has 0 atom stereocenters. The zero-order valence-electron chi connectivity index (χ0n) is 14.8. The van der Waals surface area contributed by atoms with Gasteiger partial charge >= 0.3 is 6.09 Å². The second kappa shape index (κ2) is 8.17. The largest absolute Gasteiger partial charge is 0.450 e. The molecule has 1 fully saturated rings.